The summed E-state index contributed by atoms with van der Waals surface area (Å²) >= 11 is 0. The van der Waals surface area contributed by atoms with E-state index in [2.05, 4.69) is 17.1 Å². The number of benzene rings is 2. The molecule has 0 radical (unpaired) electrons. The van der Waals surface area contributed by atoms with Gasteiger partial charge in [0.2, 0.25) is 0 Å². The van der Waals surface area contributed by atoms with E-state index >= 15 is 0 Å². The fourth-order valence-corrected chi connectivity index (χ4v) is 2.97. The van der Waals surface area contributed by atoms with Gasteiger partial charge < -0.3 is 30.9 Å². The molecule has 0 saturated heterocycles. The number of primary amides is 1. The van der Waals surface area contributed by atoms with Crippen molar-refractivity contribution in [2.24, 2.45) is 5.73 Å². The van der Waals surface area contributed by atoms with Crippen LogP contribution in [0.15, 0.2) is 42.5 Å². The summed E-state index contributed by atoms with van der Waals surface area (Å²) in [6.45, 7) is 5.85. The monoisotopic (exact) mass is 401 g/mol. The smallest absolute Gasteiger partial charge is 0.252 e. The van der Waals surface area contributed by atoms with Gasteiger partial charge in [-0.25, -0.2) is 0 Å². The predicted octanol–water partition coefficient (Wildman–Crippen LogP) is 2.43. The Morgan fingerprint density at radius 2 is 1.93 bits per heavy atom. The molecule has 2 rings (SSSR count). The number of aliphatic hydroxyl groups excluding tert-OH is 1. The number of ether oxygens (including phenoxy) is 1. The minimum atomic E-state index is -0.806. The number of phenols is 1. The number of hydrogen-bond donors (Lipinski definition) is 4. The summed E-state index contributed by atoms with van der Waals surface area (Å²) < 4.78 is 5.46. The lowest BCUT2D eigenvalue weighted by atomic mass is 10.0. The number of carbonyl (C=O) groups is 1. The first-order valence-electron chi connectivity index (χ1n) is 9.80. The molecule has 29 heavy (non-hydrogen) atoms. The number of anilines is 1. The van der Waals surface area contributed by atoms with Crippen molar-refractivity contribution < 1.29 is 19.7 Å². The predicted molar refractivity (Wildman–Crippen MR) is 115 cm³/mol. The minimum absolute atomic E-state index is 0.00609. The third kappa shape index (κ3) is 6.66. The van der Waals surface area contributed by atoms with Crippen LogP contribution in [0.1, 0.15) is 42.3 Å². The molecule has 0 aliphatic rings. The van der Waals surface area contributed by atoms with Crippen LogP contribution in [0.2, 0.25) is 0 Å². The molecule has 0 heterocycles. The average Bonchev–Trinajstić information content (AvgIpc) is 2.71. The number of amides is 1. The van der Waals surface area contributed by atoms with Gasteiger partial charge in [0.15, 0.2) is 0 Å². The molecule has 2 aromatic carbocycles. The van der Waals surface area contributed by atoms with Gasteiger partial charge in [-0.3, -0.25) is 4.79 Å². The van der Waals surface area contributed by atoms with E-state index in [1.54, 1.807) is 6.07 Å². The molecule has 0 aromatic heterocycles. The maximum atomic E-state index is 11.3. The van der Waals surface area contributed by atoms with Gasteiger partial charge in [0.1, 0.15) is 11.5 Å². The summed E-state index contributed by atoms with van der Waals surface area (Å²) in [7, 11) is 2.04. The second kappa shape index (κ2) is 10.7. The van der Waals surface area contributed by atoms with Crippen molar-refractivity contribution >= 4 is 11.6 Å². The van der Waals surface area contributed by atoms with Crippen LogP contribution in [0.4, 0.5) is 5.69 Å². The quantitative estimate of drug-likeness (QED) is 0.461. The molecule has 2 aromatic rings. The average molecular weight is 402 g/mol. The maximum absolute atomic E-state index is 11.3. The van der Waals surface area contributed by atoms with E-state index in [1.807, 2.05) is 38.2 Å². The Labute approximate surface area is 172 Å². The van der Waals surface area contributed by atoms with E-state index < -0.39 is 12.0 Å². The molecule has 0 bridgehead atoms. The molecule has 0 fully saturated rings. The highest BCUT2D eigenvalue weighted by Crippen LogP contribution is 2.22. The van der Waals surface area contributed by atoms with E-state index in [1.165, 1.54) is 12.1 Å². The van der Waals surface area contributed by atoms with Crippen LogP contribution in [0.25, 0.3) is 0 Å². The van der Waals surface area contributed by atoms with Gasteiger partial charge in [0.05, 0.1) is 18.3 Å². The highest BCUT2D eigenvalue weighted by Gasteiger charge is 2.14. The zero-order chi connectivity index (χ0) is 21.4. The second-order valence-electron chi connectivity index (χ2n) is 7.10. The number of nitrogens with zero attached hydrogens (tertiary/aromatic N) is 1. The molecule has 7 nitrogen and oxygen atoms in total. The zero-order valence-electron chi connectivity index (χ0n) is 17.3. The summed E-state index contributed by atoms with van der Waals surface area (Å²) in [5.41, 5.74) is 6.89. The number of hydrogen-bond acceptors (Lipinski definition) is 6. The van der Waals surface area contributed by atoms with E-state index in [0.29, 0.717) is 18.7 Å². The molecule has 0 aliphatic carbocycles. The maximum Gasteiger partial charge on any atom is 0.252 e. The molecule has 2 unspecified atom stereocenters. The number of rotatable bonds is 11. The summed E-state index contributed by atoms with van der Waals surface area (Å²) in [6, 6.07) is 12.6. The minimum Gasteiger partial charge on any atom is -0.507 e. The Kier molecular flexibility index (Phi) is 8.30. The first kappa shape index (κ1) is 22.5. The van der Waals surface area contributed by atoms with Crippen molar-refractivity contribution in [1.82, 2.24) is 5.32 Å². The zero-order valence-corrected chi connectivity index (χ0v) is 17.3. The van der Waals surface area contributed by atoms with Gasteiger partial charge in [-0.15, -0.1) is 0 Å². The lowest BCUT2D eigenvalue weighted by molar-refractivity contribution is 0.0997. The summed E-state index contributed by atoms with van der Waals surface area (Å²) in [4.78, 5) is 13.5. The molecule has 0 saturated carbocycles. The van der Waals surface area contributed by atoms with Crippen molar-refractivity contribution in [2.75, 3.05) is 31.6 Å². The largest absolute Gasteiger partial charge is 0.507 e. The normalized spacial score (nSPS) is 13.0. The number of nitrogens with one attached hydrogen (secondary N) is 1. The number of aliphatic hydroxyl groups is 1. The van der Waals surface area contributed by atoms with Gasteiger partial charge in [0, 0.05) is 31.9 Å². The molecule has 0 aliphatic heterocycles. The standard InChI is InChI=1S/C22H31N3O4/c1-4-29-18-8-6-17(7-9-18)25(3)12-11-15(2)24-14-21(27)16-5-10-20(26)19(13-16)22(23)28/h5-10,13,15,21,24,26-27H,4,11-12,14H2,1-3H3,(H2,23,28). The van der Waals surface area contributed by atoms with E-state index in [9.17, 15) is 15.0 Å². The molecule has 158 valence electrons. The van der Waals surface area contributed by atoms with Crippen molar-refractivity contribution in [3.63, 3.8) is 0 Å². The van der Waals surface area contributed by atoms with Crippen LogP contribution >= 0.6 is 0 Å². The molecular weight excluding hydrogens is 370 g/mol. The van der Waals surface area contributed by atoms with Crippen molar-refractivity contribution in [3.05, 3.63) is 53.6 Å². The topological polar surface area (TPSA) is 108 Å². The molecular formula is C22H31N3O4. The van der Waals surface area contributed by atoms with Crippen LogP contribution in [0, 0.1) is 0 Å². The first-order chi connectivity index (χ1) is 13.8. The third-order valence-electron chi connectivity index (χ3n) is 4.82. The molecule has 1 amide bonds. The van der Waals surface area contributed by atoms with Crippen LogP contribution in [0.3, 0.4) is 0 Å². The van der Waals surface area contributed by atoms with Gasteiger partial charge >= 0.3 is 0 Å². The van der Waals surface area contributed by atoms with E-state index in [4.69, 9.17) is 10.5 Å². The van der Waals surface area contributed by atoms with Crippen LogP contribution in [-0.4, -0.2) is 48.9 Å². The van der Waals surface area contributed by atoms with Gasteiger partial charge in [0.25, 0.3) is 5.91 Å². The van der Waals surface area contributed by atoms with Crippen LogP contribution in [0.5, 0.6) is 11.5 Å². The Morgan fingerprint density at radius 3 is 2.55 bits per heavy atom. The highest BCUT2D eigenvalue weighted by atomic mass is 16.5. The SMILES string of the molecule is CCOc1ccc(N(C)CCC(C)NCC(O)c2ccc(O)c(C(N)=O)c2)cc1. The molecule has 2 atom stereocenters. The Bertz CT molecular complexity index is 795. The van der Waals surface area contributed by atoms with Gasteiger partial charge in [-0.1, -0.05) is 6.07 Å². The molecule has 5 N–H and O–H groups in total. The van der Waals surface area contributed by atoms with Crippen molar-refractivity contribution in [1.29, 1.82) is 0 Å². The first-order valence-corrected chi connectivity index (χ1v) is 9.80. The summed E-state index contributed by atoms with van der Waals surface area (Å²) in [5.74, 6) is -0.0512. The number of aromatic hydroxyl groups is 1. The van der Waals surface area contributed by atoms with Crippen LogP contribution in [-0.2, 0) is 0 Å². The van der Waals surface area contributed by atoms with Crippen molar-refractivity contribution in [3.8, 4) is 11.5 Å². The van der Waals surface area contributed by atoms with E-state index in [0.717, 1.165) is 24.4 Å². The van der Waals surface area contributed by atoms with E-state index in [-0.39, 0.29) is 17.4 Å². The summed E-state index contributed by atoms with van der Waals surface area (Å²) in [5, 5.41) is 23.3. The summed E-state index contributed by atoms with van der Waals surface area (Å²) in [6.07, 6.45) is 0.0819. The van der Waals surface area contributed by atoms with Gasteiger partial charge in [-0.2, -0.15) is 0 Å². The lowest BCUT2D eigenvalue weighted by Gasteiger charge is -2.23. The Balaban J connectivity index is 1.81. The Morgan fingerprint density at radius 1 is 1.24 bits per heavy atom. The number of carbonyl (C=O) groups excluding carboxylic acids is 1. The fourth-order valence-electron chi connectivity index (χ4n) is 2.97. The highest BCUT2D eigenvalue weighted by molar-refractivity contribution is 5.95. The number of nitrogens with two attached hydrogens (primary N) is 1. The Hall–Kier alpha value is -2.77. The van der Waals surface area contributed by atoms with Crippen LogP contribution < -0.4 is 20.7 Å². The van der Waals surface area contributed by atoms with Crippen molar-refractivity contribution in [2.45, 2.75) is 32.4 Å². The molecule has 7 heteroatoms. The lowest BCUT2D eigenvalue weighted by Crippen LogP contribution is -2.33. The third-order valence-corrected chi connectivity index (χ3v) is 4.82. The fraction of sp³-hybridized carbons (Fsp3) is 0.409. The molecule has 0 spiro atoms. The second-order valence-corrected chi connectivity index (χ2v) is 7.10. The van der Waals surface area contributed by atoms with Gasteiger partial charge in [-0.05, 0) is 62.2 Å².